The van der Waals surface area contributed by atoms with E-state index in [9.17, 15) is 20.0 Å². The van der Waals surface area contributed by atoms with Gasteiger partial charge < -0.3 is 14.4 Å². The van der Waals surface area contributed by atoms with Crippen molar-refractivity contribution in [1.29, 1.82) is 0 Å². The van der Waals surface area contributed by atoms with E-state index in [1.165, 1.54) is 6.26 Å². The summed E-state index contributed by atoms with van der Waals surface area (Å²) in [7, 11) is 0. The van der Waals surface area contributed by atoms with Crippen molar-refractivity contribution < 1.29 is 19.2 Å². The highest BCUT2D eigenvalue weighted by molar-refractivity contribution is 5.94. The maximum absolute atomic E-state index is 11.3. The van der Waals surface area contributed by atoms with Gasteiger partial charge in [-0.1, -0.05) is 0 Å². The Morgan fingerprint density at radius 3 is 2.86 bits per heavy atom. The van der Waals surface area contributed by atoms with E-state index >= 15 is 0 Å². The Morgan fingerprint density at radius 1 is 1.57 bits per heavy atom. The van der Waals surface area contributed by atoms with Crippen molar-refractivity contribution in [1.82, 2.24) is 4.98 Å². The molecule has 0 aliphatic rings. The quantitative estimate of drug-likeness (QED) is 0.642. The number of carbonyl (C=O) groups is 1. The summed E-state index contributed by atoms with van der Waals surface area (Å²) in [5.74, 6) is -0.445. The van der Waals surface area contributed by atoms with Crippen molar-refractivity contribution in [2.45, 2.75) is 13.5 Å². The summed E-state index contributed by atoms with van der Waals surface area (Å²) in [5, 5.41) is 20.0. The Balaban J connectivity index is 2.40. The van der Waals surface area contributed by atoms with Crippen LogP contribution in [0.3, 0.4) is 0 Å². The van der Waals surface area contributed by atoms with E-state index in [1.807, 2.05) is 6.92 Å². The van der Waals surface area contributed by atoms with Crippen molar-refractivity contribution in [3.63, 3.8) is 0 Å². The molecule has 110 valence electrons. The van der Waals surface area contributed by atoms with Gasteiger partial charge in [0.2, 0.25) is 0 Å². The third-order valence-electron chi connectivity index (χ3n) is 2.90. The first-order chi connectivity index (χ1) is 10.0. The first-order valence-corrected chi connectivity index (χ1v) is 6.18. The van der Waals surface area contributed by atoms with Crippen molar-refractivity contribution in [2.75, 3.05) is 11.4 Å². The molecule has 2 aromatic rings. The zero-order valence-corrected chi connectivity index (χ0v) is 11.2. The first-order valence-electron chi connectivity index (χ1n) is 6.18. The third kappa shape index (κ3) is 3.16. The predicted octanol–water partition coefficient (Wildman–Crippen LogP) is 2.31. The largest absolute Gasteiger partial charge is 0.478 e. The molecule has 2 aromatic heterocycles. The molecule has 0 radical (unpaired) electrons. The molecule has 1 N–H and O–H groups in total. The zero-order valence-electron chi connectivity index (χ0n) is 11.2. The van der Waals surface area contributed by atoms with Gasteiger partial charge >= 0.3 is 5.97 Å². The molecule has 0 aliphatic carbocycles. The lowest BCUT2D eigenvalue weighted by molar-refractivity contribution is -0.385. The molecule has 0 spiro atoms. The predicted molar refractivity (Wildman–Crippen MR) is 73.3 cm³/mol. The van der Waals surface area contributed by atoms with E-state index < -0.39 is 10.9 Å². The maximum Gasteiger partial charge on any atom is 0.339 e. The summed E-state index contributed by atoms with van der Waals surface area (Å²) < 4.78 is 5.22. The zero-order chi connectivity index (χ0) is 15.4. The Hall–Kier alpha value is -2.90. The van der Waals surface area contributed by atoms with E-state index in [-0.39, 0.29) is 17.1 Å². The second kappa shape index (κ2) is 6.04. The number of hydrogen-bond donors (Lipinski definition) is 1. The van der Waals surface area contributed by atoms with Crippen LogP contribution in [0, 0.1) is 10.1 Å². The number of carboxylic acid groups (broad SMARTS) is 1. The van der Waals surface area contributed by atoms with Gasteiger partial charge in [0.15, 0.2) is 0 Å². The molecule has 21 heavy (non-hydrogen) atoms. The van der Waals surface area contributed by atoms with Gasteiger partial charge in [-0.2, -0.15) is 0 Å². The number of hydrogen-bond acceptors (Lipinski definition) is 6. The van der Waals surface area contributed by atoms with E-state index in [2.05, 4.69) is 4.98 Å². The third-order valence-corrected chi connectivity index (χ3v) is 2.90. The normalized spacial score (nSPS) is 10.3. The Morgan fingerprint density at radius 2 is 2.33 bits per heavy atom. The summed E-state index contributed by atoms with van der Waals surface area (Å²) >= 11 is 0. The summed E-state index contributed by atoms with van der Waals surface area (Å²) in [5.41, 5.74) is -0.567. The summed E-state index contributed by atoms with van der Waals surface area (Å²) in [6.07, 6.45) is 2.57. The maximum atomic E-state index is 11.3. The van der Waals surface area contributed by atoms with E-state index in [4.69, 9.17) is 4.42 Å². The van der Waals surface area contributed by atoms with Crippen LogP contribution in [0.25, 0.3) is 0 Å². The molecular formula is C13H13N3O5. The summed E-state index contributed by atoms with van der Waals surface area (Å²) in [4.78, 5) is 27.0. The van der Waals surface area contributed by atoms with Crippen molar-refractivity contribution >= 4 is 17.5 Å². The molecule has 0 atom stereocenters. The number of aromatic carboxylic acids is 1. The van der Waals surface area contributed by atoms with Gasteiger partial charge in [-0.25, -0.2) is 9.78 Å². The standard InChI is InChI=1S/C13H13N3O5/c1-2-15(8-10-4-3-5-21-10)12-11(13(17)18)6-9(7-14-12)16(19)20/h3-7H,2,8H2,1H3,(H,17,18). The highest BCUT2D eigenvalue weighted by Crippen LogP contribution is 2.24. The number of nitrogens with zero attached hydrogens (tertiary/aromatic N) is 3. The highest BCUT2D eigenvalue weighted by Gasteiger charge is 2.21. The molecule has 0 aliphatic heterocycles. The second-order valence-corrected chi connectivity index (χ2v) is 4.22. The second-order valence-electron chi connectivity index (χ2n) is 4.22. The topological polar surface area (TPSA) is 110 Å². The van der Waals surface area contributed by atoms with Crippen molar-refractivity contribution in [3.05, 3.63) is 52.1 Å². The molecule has 8 heteroatoms. The molecule has 0 aromatic carbocycles. The van der Waals surface area contributed by atoms with Crippen LogP contribution in [0.1, 0.15) is 23.0 Å². The number of furan rings is 1. The molecule has 2 heterocycles. The molecule has 0 fully saturated rings. The van der Waals surface area contributed by atoms with Crippen LogP contribution >= 0.6 is 0 Å². The Labute approximate surface area is 119 Å². The molecule has 0 unspecified atom stereocenters. The fourth-order valence-electron chi connectivity index (χ4n) is 1.88. The SMILES string of the molecule is CCN(Cc1ccco1)c1ncc([N+](=O)[O-])cc1C(=O)O. The van der Waals surface area contributed by atoms with Crippen LogP contribution in [0.15, 0.2) is 35.1 Å². The first kappa shape index (κ1) is 14.5. The molecule has 0 saturated carbocycles. The Kier molecular flexibility index (Phi) is 4.17. The van der Waals surface area contributed by atoms with Gasteiger partial charge in [0.1, 0.15) is 23.3 Å². The molecule has 0 saturated heterocycles. The van der Waals surface area contributed by atoms with Crippen LogP contribution in [0.5, 0.6) is 0 Å². The molecule has 2 rings (SSSR count). The van der Waals surface area contributed by atoms with Crippen molar-refractivity contribution in [2.24, 2.45) is 0 Å². The minimum absolute atomic E-state index is 0.173. The number of rotatable bonds is 6. The number of aromatic nitrogens is 1. The molecule has 8 nitrogen and oxygen atoms in total. The average molecular weight is 291 g/mol. The number of nitro groups is 1. The fourth-order valence-corrected chi connectivity index (χ4v) is 1.88. The summed E-state index contributed by atoms with van der Waals surface area (Å²) in [6, 6.07) is 4.49. The Bertz CT molecular complexity index is 654. The lowest BCUT2D eigenvalue weighted by Crippen LogP contribution is -2.25. The van der Waals surface area contributed by atoms with E-state index in [0.29, 0.717) is 18.8 Å². The minimum atomic E-state index is -1.26. The number of carboxylic acids is 1. The van der Waals surface area contributed by atoms with Crippen LogP contribution in [0.4, 0.5) is 11.5 Å². The van der Waals surface area contributed by atoms with Gasteiger partial charge in [0, 0.05) is 12.6 Å². The van der Waals surface area contributed by atoms with Gasteiger partial charge in [0.25, 0.3) is 5.69 Å². The van der Waals surface area contributed by atoms with Crippen LogP contribution < -0.4 is 4.90 Å². The highest BCUT2D eigenvalue weighted by atomic mass is 16.6. The van der Waals surface area contributed by atoms with E-state index in [1.54, 1.807) is 17.0 Å². The molecular weight excluding hydrogens is 278 g/mol. The lowest BCUT2D eigenvalue weighted by Gasteiger charge is -2.22. The van der Waals surface area contributed by atoms with Crippen molar-refractivity contribution in [3.8, 4) is 0 Å². The monoisotopic (exact) mass is 291 g/mol. The minimum Gasteiger partial charge on any atom is -0.478 e. The molecule has 0 amide bonds. The fraction of sp³-hybridized carbons (Fsp3) is 0.231. The number of anilines is 1. The van der Waals surface area contributed by atoms with Gasteiger partial charge in [-0.3, -0.25) is 10.1 Å². The van der Waals surface area contributed by atoms with Crippen LogP contribution in [-0.2, 0) is 6.54 Å². The number of pyridine rings is 1. The lowest BCUT2D eigenvalue weighted by atomic mass is 10.2. The van der Waals surface area contributed by atoms with Crippen LogP contribution in [0.2, 0.25) is 0 Å². The summed E-state index contributed by atoms with van der Waals surface area (Å²) in [6.45, 7) is 2.64. The average Bonchev–Trinajstić information content (AvgIpc) is 2.97. The van der Waals surface area contributed by atoms with Gasteiger partial charge in [0.05, 0.1) is 17.7 Å². The smallest absolute Gasteiger partial charge is 0.339 e. The van der Waals surface area contributed by atoms with Crippen LogP contribution in [-0.4, -0.2) is 27.5 Å². The van der Waals surface area contributed by atoms with E-state index in [0.717, 1.165) is 12.3 Å². The van der Waals surface area contributed by atoms with Gasteiger partial charge in [-0.15, -0.1) is 0 Å². The van der Waals surface area contributed by atoms with Gasteiger partial charge in [-0.05, 0) is 19.1 Å². The molecule has 0 bridgehead atoms.